The predicted octanol–water partition coefficient (Wildman–Crippen LogP) is 2.95. The molecule has 0 spiro atoms. The first kappa shape index (κ1) is 16.2. The Hall–Kier alpha value is -0.880. The summed E-state index contributed by atoms with van der Waals surface area (Å²) in [5.41, 5.74) is -0.710. The molecule has 0 radical (unpaired) electrons. The summed E-state index contributed by atoms with van der Waals surface area (Å²) in [6.45, 7) is 6.43. The third-order valence-electron chi connectivity index (χ3n) is 2.33. The molecule has 0 aliphatic heterocycles. The van der Waals surface area contributed by atoms with Crippen molar-refractivity contribution in [1.29, 1.82) is 0 Å². The van der Waals surface area contributed by atoms with E-state index in [0.29, 0.717) is 4.47 Å². The molecule has 0 aromatic heterocycles. The minimum atomic E-state index is -3.74. The lowest BCUT2D eigenvalue weighted by atomic mass is 10.2. The SMILES string of the molecule is CC(C(=O)OC(C)(C)C)S(=O)(=O)c1cccc(Br)c1. The van der Waals surface area contributed by atoms with E-state index in [-0.39, 0.29) is 4.90 Å². The maximum absolute atomic E-state index is 12.3. The number of carbonyl (C=O) groups is 1. The second-order valence-electron chi connectivity index (χ2n) is 5.18. The van der Waals surface area contributed by atoms with E-state index < -0.39 is 26.7 Å². The van der Waals surface area contributed by atoms with Gasteiger partial charge in [0.05, 0.1) is 4.90 Å². The van der Waals surface area contributed by atoms with Gasteiger partial charge in [-0.2, -0.15) is 0 Å². The number of esters is 1. The van der Waals surface area contributed by atoms with Crippen molar-refractivity contribution in [3.8, 4) is 0 Å². The molecule has 0 heterocycles. The predicted molar refractivity (Wildman–Crippen MR) is 76.6 cm³/mol. The zero-order valence-corrected chi connectivity index (χ0v) is 13.7. The van der Waals surface area contributed by atoms with Gasteiger partial charge in [0.15, 0.2) is 15.1 Å². The summed E-state index contributed by atoms with van der Waals surface area (Å²) in [7, 11) is -3.74. The van der Waals surface area contributed by atoms with E-state index in [1.54, 1.807) is 32.9 Å². The van der Waals surface area contributed by atoms with Crippen LogP contribution in [0.15, 0.2) is 33.6 Å². The highest BCUT2D eigenvalue weighted by Crippen LogP contribution is 2.22. The summed E-state index contributed by atoms with van der Waals surface area (Å²) >= 11 is 3.21. The number of halogens is 1. The van der Waals surface area contributed by atoms with Crippen molar-refractivity contribution >= 4 is 31.7 Å². The number of rotatable bonds is 3. The Morgan fingerprint density at radius 1 is 1.32 bits per heavy atom. The van der Waals surface area contributed by atoms with Crippen LogP contribution in [0.1, 0.15) is 27.7 Å². The highest BCUT2D eigenvalue weighted by Gasteiger charge is 2.33. The van der Waals surface area contributed by atoms with Crippen LogP contribution in [0.3, 0.4) is 0 Å². The summed E-state index contributed by atoms with van der Waals surface area (Å²) in [5, 5.41) is -1.24. The van der Waals surface area contributed by atoms with Gasteiger partial charge in [0, 0.05) is 4.47 Å². The van der Waals surface area contributed by atoms with Gasteiger partial charge in [0.1, 0.15) is 5.60 Å². The van der Waals surface area contributed by atoms with Gasteiger partial charge < -0.3 is 4.74 Å². The van der Waals surface area contributed by atoms with Crippen molar-refractivity contribution in [1.82, 2.24) is 0 Å². The molecule has 6 heteroatoms. The number of ether oxygens (including phenoxy) is 1. The third kappa shape index (κ3) is 4.31. The van der Waals surface area contributed by atoms with Crippen LogP contribution in [0.2, 0.25) is 0 Å². The Bertz CT molecular complexity index is 573. The standard InChI is InChI=1S/C13H17BrO4S/c1-9(12(15)18-13(2,3)4)19(16,17)11-7-5-6-10(14)8-11/h5-9H,1-4H3. The molecule has 1 atom stereocenters. The van der Waals surface area contributed by atoms with Crippen molar-refractivity contribution in [2.75, 3.05) is 0 Å². The van der Waals surface area contributed by atoms with Crippen LogP contribution in [0.4, 0.5) is 0 Å². The van der Waals surface area contributed by atoms with E-state index in [2.05, 4.69) is 15.9 Å². The first-order valence-electron chi connectivity index (χ1n) is 5.76. The molecule has 0 bridgehead atoms. The van der Waals surface area contributed by atoms with Crippen molar-refractivity contribution in [3.05, 3.63) is 28.7 Å². The van der Waals surface area contributed by atoms with E-state index in [4.69, 9.17) is 4.74 Å². The topological polar surface area (TPSA) is 60.4 Å². The fourth-order valence-electron chi connectivity index (χ4n) is 1.36. The van der Waals surface area contributed by atoms with Crippen LogP contribution in [0, 0.1) is 0 Å². The monoisotopic (exact) mass is 348 g/mol. The number of hydrogen-bond donors (Lipinski definition) is 0. The molecule has 1 unspecified atom stereocenters. The molecule has 0 amide bonds. The van der Waals surface area contributed by atoms with Crippen LogP contribution in [-0.4, -0.2) is 25.2 Å². The molecule has 0 aliphatic rings. The zero-order valence-electron chi connectivity index (χ0n) is 11.3. The lowest BCUT2D eigenvalue weighted by molar-refractivity contribution is -0.153. The number of sulfone groups is 1. The molecule has 1 aromatic carbocycles. The lowest BCUT2D eigenvalue weighted by Crippen LogP contribution is -2.35. The summed E-state index contributed by atoms with van der Waals surface area (Å²) < 4.78 is 30.3. The average molecular weight is 349 g/mol. The Morgan fingerprint density at radius 3 is 2.37 bits per heavy atom. The number of hydrogen-bond acceptors (Lipinski definition) is 4. The highest BCUT2D eigenvalue weighted by molar-refractivity contribution is 9.10. The van der Waals surface area contributed by atoms with Crippen LogP contribution in [0.25, 0.3) is 0 Å². The quantitative estimate of drug-likeness (QED) is 0.788. The largest absolute Gasteiger partial charge is 0.459 e. The first-order chi connectivity index (χ1) is 8.54. The van der Waals surface area contributed by atoms with Gasteiger partial charge >= 0.3 is 5.97 Å². The van der Waals surface area contributed by atoms with Gasteiger partial charge in [-0.1, -0.05) is 22.0 Å². The van der Waals surface area contributed by atoms with E-state index >= 15 is 0 Å². The minimum Gasteiger partial charge on any atom is -0.459 e. The minimum absolute atomic E-state index is 0.0974. The molecule has 106 valence electrons. The van der Waals surface area contributed by atoms with Gasteiger partial charge in [-0.3, -0.25) is 4.79 Å². The second kappa shape index (κ2) is 5.63. The van der Waals surface area contributed by atoms with Gasteiger partial charge in [0.2, 0.25) is 0 Å². The van der Waals surface area contributed by atoms with Gasteiger partial charge in [-0.05, 0) is 45.9 Å². The van der Waals surface area contributed by atoms with Crippen LogP contribution >= 0.6 is 15.9 Å². The van der Waals surface area contributed by atoms with Crippen molar-refractivity contribution < 1.29 is 17.9 Å². The fraction of sp³-hybridized carbons (Fsp3) is 0.462. The summed E-state index contributed by atoms with van der Waals surface area (Å²) in [4.78, 5) is 11.9. The van der Waals surface area contributed by atoms with E-state index in [1.807, 2.05) is 0 Å². The van der Waals surface area contributed by atoms with E-state index in [0.717, 1.165) is 0 Å². The molecule has 19 heavy (non-hydrogen) atoms. The molecule has 1 rings (SSSR count). The lowest BCUT2D eigenvalue weighted by Gasteiger charge is -2.22. The normalized spacial score (nSPS) is 13.9. The summed E-state index contributed by atoms with van der Waals surface area (Å²) in [5.74, 6) is -0.743. The molecule has 0 fully saturated rings. The highest BCUT2D eigenvalue weighted by atomic mass is 79.9. The third-order valence-corrected chi connectivity index (χ3v) is 4.86. The number of carbonyl (C=O) groups excluding carboxylic acids is 1. The zero-order chi connectivity index (χ0) is 14.8. The Labute approximate surface area is 122 Å². The molecule has 0 saturated carbocycles. The molecule has 1 aromatic rings. The molecule has 4 nitrogen and oxygen atoms in total. The van der Waals surface area contributed by atoms with E-state index in [1.165, 1.54) is 19.1 Å². The Morgan fingerprint density at radius 2 is 1.89 bits per heavy atom. The second-order valence-corrected chi connectivity index (χ2v) is 8.36. The Kier molecular flexibility index (Phi) is 4.79. The van der Waals surface area contributed by atoms with Gasteiger partial charge in [-0.25, -0.2) is 8.42 Å². The first-order valence-corrected chi connectivity index (χ1v) is 8.10. The maximum atomic E-state index is 12.3. The maximum Gasteiger partial charge on any atom is 0.324 e. The summed E-state index contributed by atoms with van der Waals surface area (Å²) in [6.07, 6.45) is 0. The van der Waals surface area contributed by atoms with Crippen LogP contribution in [0.5, 0.6) is 0 Å². The van der Waals surface area contributed by atoms with E-state index in [9.17, 15) is 13.2 Å². The van der Waals surface area contributed by atoms with Crippen molar-refractivity contribution in [2.45, 2.75) is 43.4 Å². The van der Waals surface area contributed by atoms with Gasteiger partial charge in [-0.15, -0.1) is 0 Å². The molecule has 0 saturated heterocycles. The molecular weight excluding hydrogens is 332 g/mol. The smallest absolute Gasteiger partial charge is 0.324 e. The van der Waals surface area contributed by atoms with Crippen LogP contribution < -0.4 is 0 Å². The van der Waals surface area contributed by atoms with Crippen molar-refractivity contribution in [2.24, 2.45) is 0 Å². The number of benzene rings is 1. The summed E-state index contributed by atoms with van der Waals surface area (Å²) in [6, 6.07) is 6.26. The molecular formula is C13H17BrO4S. The van der Waals surface area contributed by atoms with Crippen LogP contribution in [-0.2, 0) is 19.4 Å². The fourth-order valence-corrected chi connectivity index (χ4v) is 3.18. The molecule has 0 N–H and O–H groups in total. The van der Waals surface area contributed by atoms with Crippen molar-refractivity contribution in [3.63, 3.8) is 0 Å². The van der Waals surface area contributed by atoms with Gasteiger partial charge in [0.25, 0.3) is 0 Å². The average Bonchev–Trinajstić information content (AvgIpc) is 2.25. The molecule has 0 aliphatic carbocycles. The Balaban J connectivity index is 3.04.